The minimum atomic E-state index is -0.594. The van der Waals surface area contributed by atoms with Crippen molar-refractivity contribution in [3.8, 4) is 0 Å². The van der Waals surface area contributed by atoms with Crippen LogP contribution in [0.3, 0.4) is 0 Å². The quantitative estimate of drug-likeness (QED) is 0.785. The number of esters is 1. The molecule has 0 saturated heterocycles. The molecule has 5 nitrogen and oxygen atoms in total. The van der Waals surface area contributed by atoms with Gasteiger partial charge in [0.25, 0.3) is 0 Å². The first-order valence-corrected chi connectivity index (χ1v) is 8.24. The number of benzene rings is 1. The van der Waals surface area contributed by atoms with Crippen LogP contribution in [0.25, 0.3) is 0 Å². The second-order valence-corrected chi connectivity index (χ2v) is 6.46. The van der Waals surface area contributed by atoms with Crippen molar-refractivity contribution in [2.45, 2.75) is 38.3 Å². The fraction of sp³-hybridized carbons (Fsp3) is 0.556. The lowest BCUT2D eigenvalue weighted by atomic mass is 9.89. The predicted molar refractivity (Wildman–Crippen MR) is 84.5 cm³/mol. The third kappa shape index (κ3) is 4.24. The Bertz CT molecular complexity index is 539. The van der Waals surface area contributed by atoms with Crippen molar-refractivity contribution in [3.63, 3.8) is 0 Å². The average Bonchev–Trinajstić information content (AvgIpc) is 3.46. The number of amides is 1. The van der Waals surface area contributed by atoms with Gasteiger partial charge in [-0.1, -0.05) is 30.3 Å². The fourth-order valence-electron chi connectivity index (χ4n) is 3.22. The molecular formula is C18H23NO4. The summed E-state index contributed by atoms with van der Waals surface area (Å²) in [5, 5.41) is 2.75. The molecular weight excluding hydrogens is 294 g/mol. The van der Waals surface area contributed by atoms with Gasteiger partial charge in [-0.25, -0.2) is 9.59 Å². The Morgan fingerprint density at radius 2 is 1.74 bits per heavy atom. The van der Waals surface area contributed by atoms with Crippen LogP contribution in [0.4, 0.5) is 4.79 Å². The highest BCUT2D eigenvalue weighted by atomic mass is 16.6. The molecule has 5 heteroatoms. The Kier molecular flexibility index (Phi) is 4.84. The summed E-state index contributed by atoms with van der Waals surface area (Å²) < 4.78 is 10.1. The smallest absolute Gasteiger partial charge is 0.408 e. The highest BCUT2D eigenvalue weighted by Crippen LogP contribution is 2.50. The molecule has 0 spiro atoms. The summed E-state index contributed by atoms with van der Waals surface area (Å²) >= 11 is 0. The summed E-state index contributed by atoms with van der Waals surface area (Å²) in [5.74, 6) is 0.874. The maximum atomic E-state index is 12.1. The summed E-state index contributed by atoms with van der Waals surface area (Å²) in [5.41, 5.74) is 0.915. The van der Waals surface area contributed by atoms with Crippen LogP contribution in [0.2, 0.25) is 0 Å². The third-order valence-corrected chi connectivity index (χ3v) is 4.66. The minimum absolute atomic E-state index is 0.187. The lowest BCUT2D eigenvalue weighted by molar-refractivity contribution is -0.145. The zero-order valence-electron chi connectivity index (χ0n) is 13.4. The van der Waals surface area contributed by atoms with Gasteiger partial charge in [-0.3, -0.25) is 0 Å². The summed E-state index contributed by atoms with van der Waals surface area (Å²) in [6, 6.07) is 8.88. The van der Waals surface area contributed by atoms with Crippen LogP contribution in [-0.4, -0.2) is 25.2 Å². The molecule has 1 atom stereocenters. The normalized spacial score (nSPS) is 18.3. The highest BCUT2D eigenvalue weighted by molar-refractivity contribution is 5.81. The number of carbonyl (C=O) groups is 2. The largest absolute Gasteiger partial charge is 0.467 e. The van der Waals surface area contributed by atoms with Gasteiger partial charge in [-0.15, -0.1) is 0 Å². The van der Waals surface area contributed by atoms with Gasteiger partial charge in [0, 0.05) is 0 Å². The number of alkyl carbamates (subject to hydrolysis) is 1. The molecule has 0 heterocycles. The molecule has 0 radical (unpaired) electrons. The summed E-state index contributed by atoms with van der Waals surface area (Å²) in [6.45, 7) is 0.193. The average molecular weight is 317 g/mol. The fourth-order valence-corrected chi connectivity index (χ4v) is 3.22. The van der Waals surface area contributed by atoms with E-state index in [0.29, 0.717) is 11.8 Å². The number of methoxy groups -OCH3 is 1. The Morgan fingerprint density at radius 3 is 2.26 bits per heavy atom. The van der Waals surface area contributed by atoms with E-state index in [4.69, 9.17) is 9.47 Å². The van der Waals surface area contributed by atoms with Crippen LogP contribution < -0.4 is 5.32 Å². The monoisotopic (exact) mass is 317 g/mol. The first kappa shape index (κ1) is 15.8. The predicted octanol–water partition coefficient (Wildman–Crippen LogP) is 2.89. The summed E-state index contributed by atoms with van der Waals surface area (Å²) in [6.07, 6.45) is 3.98. The zero-order chi connectivity index (χ0) is 16.2. The Labute approximate surface area is 136 Å². The Hall–Kier alpha value is -2.04. The van der Waals surface area contributed by atoms with Crippen LogP contribution in [0.15, 0.2) is 30.3 Å². The summed E-state index contributed by atoms with van der Waals surface area (Å²) in [7, 11) is 1.36. The van der Waals surface area contributed by atoms with Crippen molar-refractivity contribution < 1.29 is 19.1 Å². The lowest BCUT2D eigenvalue weighted by Gasteiger charge is -2.25. The number of hydrogen-bond acceptors (Lipinski definition) is 4. The van der Waals surface area contributed by atoms with Crippen LogP contribution in [0, 0.1) is 17.8 Å². The van der Waals surface area contributed by atoms with E-state index in [0.717, 1.165) is 31.2 Å². The molecule has 2 aliphatic rings. The van der Waals surface area contributed by atoms with E-state index in [1.165, 1.54) is 7.11 Å². The lowest BCUT2D eigenvalue weighted by Crippen LogP contribution is -2.48. The van der Waals surface area contributed by atoms with Crippen LogP contribution in [-0.2, 0) is 20.9 Å². The van der Waals surface area contributed by atoms with E-state index in [1.807, 2.05) is 30.3 Å². The van der Waals surface area contributed by atoms with E-state index in [1.54, 1.807) is 0 Å². The second kappa shape index (κ2) is 7.02. The van der Waals surface area contributed by atoms with Gasteiger partial charge in [0.05, 0.1) is 7.11 Å². The van der Waals surface area contributed by atoms with E-state index < -0.39 is 12.1 Å². The van der Waals surface area contributed by atoms with Crippen molar-refractivity contribution in [2.24, 2.45) is 17.8 Å². The van der Waals surface area contributed by atoms with Gasteiger partial charge < -0.3 is 14.8 Å². The first-order chi connectivity index (χ1) is 11.2. The SMILES string of the molecule is COC(=O)C(NC(=O)OCc1ccccc1)C(C1CC1)C1CC1. The highest BCUT2D eigenvalue weighted by Gasteiger charge is 2.48. The number of ether oxygens (including phenoxy) is 2. The van der Waals surface area contributed by atoms with E-state index in [2.05, 4.69) is 5.32 Å². The molecule has 0 bridgehead atoms. The number of rotatable bonds is 7. The molecule has 2 fully saturated rings. The van der Waals surface area contributed by atoms with Gasteiger partial charge >= 0.3 is 12.1 Å². The molecule has 2 aliphatic carbocycles. The molecule has 3 rings (SSSR count). The molecule has 1 N–H and O–H groups in total. The number of nitrogens with one attached hydrogen (secondary N) is 1. The van der Waals surface area contributed by atoms with Gasteiger partial charge in [0.2, 0.25) is 0 Å². The molecule has 23 heavy (non-hydrogen) atoms. The number of hydrogen-bond donors (Lipinski definition) is 1. The van der Waals surface area contributed by atoms with E-state index >= 15 is 0 Å². The summed E-state index contributed by atoms with van der Waals surface area (Å²) in [4.78, 5) is 24.2. The number of carbonyl (C=O) groups excluding carboxylic acids is 2. The van der Waals surface area contributed by atoms with Crippen molar-refractivity contribution >= 4 is 12.1 Å². The van der Waals surface area contributed by atoms with Gasteiger partial charge in [0.1, 0.15) is 12.6 Å². The molecule has 0 aliphatic heterocycles. The van der Waals surface area contributed by atoms with Crippen LogP contribution >= 0.6 is 0 Å². The topological polar surface area (TPSA) is 64.6 Å². The molecule has 1 unspecified atom stereocenters. The van der Waals surface area contributed by atoms with Crippen LogP contribution in [0.5, 0.6) is 0 Å². The molecule has 124 valence electrons. The van der Waals surface area contributed by atoms with Crippen molar-refractivity contribution in [1.29, 1.82) is 0 Å². The first-order valence-electron chi connectivity index (χ1n) is 8.24. The van der Waals surface area contributed by atoms with E-state index in [-0.39, 0.29) is 18.5 Å². The molecule has 1 aromatic rings. The maximum Gasteiger partial charge on any atom is 0.408 e. The van der Waals surface area contributed by atoms with Crippen molar-refractivity contribution in [1.82, 2.24) is 5.32 Å². The maximum absolute atomic E-state index is 12.1. The Balaban J connectivity index is 1.59. The molecule has 1 aromatic carbocycles. The van der Waals surface area contributed by atoms with Gasteiger partial charge in [-0.05, 0) is 49.0 Å². The van der Waals surface area contributed by atoms with Crippen molar-refractivity contribution in [3.05, 3.63) is 35.9 Å². The van der Waals surface area contributed by atoms with Gasteiger partial charge in [0.15, 0.2) is 0 Å². The third-order valence-electron chi connectivity index (χ3n) is 4.66. The molecule has 2 saturated carbocycles. The Morgan fingerprint density at radius 1 is 1.13 bits per heavy atom. The van der Waals surface area contributed by atoms with E-state index in [9.17, 15) is 9.59 Å². The molecule has 0 aromatic heterocycles. The zero-order valence-corrected chi connectivity index (χ0v) is 13.4. The second-order valence-electron chi connectivity index (χ2n) is 6.46. The molecule has 1 amide bonds. The van der Waals surface area contributed by atoms with Crippen molar-refractivity contribution in [2.75, 3.05) is 7.11 Å². The van der Waals surface area contributed by atoms with Gasteiger partial charge in [-0.2, -0.15) is 0 Å². The standard InChI is InChI=1S/C18H23NO4/c1-22-17(20)16(15(13-7-8-13)14-9-10-14)19-18(21)23-11-12-5-3-2-4-6-12/h2-6,13-16H,7-11H2,1H3,(H,19,21). The minimum Gasteiger partial charge on any atom is -0.467 e. The van der Waals surface area contributed by atoms with Crippen LogP contribution in [0.1, 0.15) is 31.2 Å².